The van der Waals surface area contributed by atoms with Crippen LogP contribution in [0.3, 0.4) is 0 Å². The van der Waals surface area contributed by atoms with Crippen molar-refractivity contribution in [2.45, 2.75) is 39.7 Å². The van der Waals surface area contributed by atoms with Gasteiger partial charge in [-0.25, -0.2) is 0 Å². The van der Waals surface area contributed by atoms with Gasteiger partial charge >= 0.3 is 11.9 Å². The lowest BCUT2D eigenvalue weighted by Crippen LogP contribution is -2.21. The number of hydrogen-bond donors (Lipinski definition) is 0. The Hall–Kier alpha value is -1.06. The summed E-state index contributed by atoms with van der Waals surface area (Å²) in [6, 6.07) is 0. The van der Waals surface area contributed by atoms with E-state index in [1.807, 2.05) is 20.8 Å². The largest absolute Gasteiger partial charge is 0.465 e. The van der Waals surface area contributed by atoms with Gasteiger partial charge in [0.1, 0.15) is 0 Å². The number of carbonyl (C=O) groups excluding carboxylic acids is 2. The molecule has 86 valence electrons. The van der Waals surface area contributed by atoms with Gasteiger partial charge in [-0.3, -0.25) is 9.59 Å². The Labute approximate surface area is 89.9 Å². The second kappa shape index (κ2) is 5.14. The molecule has 1 heterocycles. The minimum absolute atomic E-state index is 0.00579. The van der Waals surface area contributed by atoms with E-state index in [0.717, 1.165) is 6.42 Å². The van der Waals surface area contributed by atoms with Crippen LogP contribution in [0, 0.1) is 11.8 Å². The van der Waals surface area contributed by atoms with Crippen molar-refractivity contribution >= 4 is 11.9 Å². The van der Waals surface area contributed by atoms with Gasteiger partial charge in [0.05, 0.1) is 25.0 Å². The fourth-order valence-electron chi connectivity index (χ4n) is 1.83. The number of hydrogen-bond acceptors (Lipinski definition) is 4. The first-order valence-corrected chi connectivity index (χ1v) is 5.40. The summed E-state index contributed by atoms with van der Waals surface area (Å²) < 4.78 is 9.96. The molecule has 1 fully saturated rings. The van der Waals surface area contributed by atoms with Crippen LogP contribution >= 0.6 is 0 Å². The summed E-state index contributed by atoms with van der Waals surface area (Å²) in [5, 5.41) is 0. The van der Waals surface area contributed by atoms with Crippen LogP contribution in [0.25, 0.3) is 0 Å². The van der Waals surface area contributed by atoms with Crippen molar-refractivity contribution < 1.29 is 19.1 Å². The normalized spacial score (nSPS) is 25.5. The highest BCUT2D eigenvalue weighted by molar-refractivity contribution is 5.77. The predicted molar refractivity (Wildman–Crippen MR) is 54.1 cm³/mol. The molecule has 2 atom stereocenters. The Morgan fingerprint density at radius 2 is 2.27 bits per heavy atom. The maximum atomic E-state index is 11.4. The number of rotatable bonds is 4. The number of ether oxygens (including phenoxy) is 2. The van der Waals surface area contributed by atoms with E-state index < -0.39 is 0 Å². The minimum Gasteiger partial charge on any atom is -0.465 e. The smallest absolute Gasteiger partial charge is 0.309 e. The molecule has 0 aromatic carbocycles. The standard InChI is InChI=1S/C11H18O4/c1-4-9-8(6-14-11(9)13)5-10(12)15-7(2)3/h7-9H,4-6H2,1-3H3. The maximum absolute atomic E-state index is 11.4. The quantitative estimate of drug-likeness (QED) is 0.666. The van der Waals surface area contributed by atoms with Gasteiger partial charge in [0.15, 0.2) is 0 Å². The highest BCUT2D eigenvalue weighted by Crippen LogP contribution is 2.28. The van der Waals surface area contributed by atoms with E-state index in [1.165, 1.54) is 0 Å². The van der Waals surface area contributed by atoms with E-state index >= 15 is 0 Å². The summed E-state index contributed by atoms with van der Waals surface area (Å²) >= 11 is 0. The Kier molecular flexibility index (Phi) is 4.12. The Morgan fingerprint density at radius 1 is 1.60 bits per heavy atom. The lowest BCUT2D eigenvalue weighted by atomic mass is 9.90. The summed E-state index contributed by atoms with van der Waals surface area (Å²) in [6.45, 7) is 5.90. The molecular weight excluding hydrogens is 196 g/mol. The van der Waals surface area contributed by atoms with Crippen LogP contribution in [0.15, 0.2) is 0 Å². The fourth-order valence-corrected chi connectivity index (χ4v) is 1.83. The average Bonchev–Trinajstić information content (AvgIpc) is 2.45. The molecule has 4 nitrogen and oxygen atoms in total. The van der Waals surface area contributed by atoms with E-state index in [4.69, 9.17) is 9.47 Å². The molecule has 1 aliphatic heterocycles. The minimum atomic E-state index is -0.244. The Morgan fingerprint density at radius 3 is 2.80 bits per heavy atom. The SMILES string of the molecule is CCC1C(=O)OCC1CC(=O)OC(C)C. The van der Waals surface area contributed by atoms with Gasteiger partial charge in [-0.1, -0.05) is 6.92 Å². The first-order chi connectivity index (χ1) is 7.04. The number of carbonyl (C=O) groups is 2. The molecule has 0 N–H and O–H groups in total. The molecule has 0 aromatic heterocycles. The maximum Gasteiger partial charge on any atom is 0.309 e. The van der Waals surface area contributed by atoms with E-state index in [1.54, 1.807) is 0 Å². The second-order valence-electron chi connectivity index (χ2n) is 4.15. The average molecular weight is 214 g/mol. The third-order valence-corrected chi connectivity index (χ3v) is 2.55. The number of esters is 2. The van der Waals surface area contributed by atoms with E-state index in [9.17, 15) is 9.59 Å². The first-order valence-electron chi connectivity index (χ1n) is 5.40. The van der Waals surface area contributed by atoms with Gasteiger partial charge in [-0.05, 0) is 20.3 Å². The van der Waals surface area contributed by atoms with Crippen molar-refractivity contribution in [2.24, 2.45) is 11.8 Å². The zero-order chi connectivity index (χ0) is 11.4. The molecule has 0 aliphatic carbocycles. The van der Waals surface area contributed by atoms with E-state index in [2.05, 4.69) is 0 Å². The van der Waals surface area contributed by atoms with Crippen molar-refractivity contribution in [3.05, 3.63) is 0 Å². The molecule has 15 heavy (non-hydrogen) atoms. The van der Waals surface area contributed by atoms with Crippen LogP contribution in [0.1, 0.15) is 33.6 Å². The third-order valence-electron chi connectivity index (χ3n) is 2.55. The molecule has 1 saturated heterocycles. The second-order valence-corrected chi connectivity index (χ2v) is 4.15. The molecule has 1 aliphatic rings. The topological polar surface area (TPSA) is 52.6 Å². The van der Waals surface area contributed by atoms with Crippen LogP contribution in [-0.2, 0) is 19.1 Å². The van der Waals surface area contributed by atoms with Gasteiger partial charge in [0, 0.05) is 5.92 Å². The molecule has 2 unspecified atom stereocenters. The molecule has 0 bridgehead atoms. The van der Waals surface area contributed by atoms with Gasteiger partial charge in [-0.2, -0.15) is 0 Å². The summed E-state index contributed by atoms with van der Waals surface area (Å²) in [6.07, 6.45) is 0.900. The van der Waals surface area contributed by atoms with Gasteiger partial charge in [-0.15, -0.1) is 0 Å². The molecule has 0 amide bonds. The highest BCUT2D eigenvalue weighted by Gasteiger charge is 2.36. The van der Waals surface area contributed by atoms with Crippen LogP contribution in [0.5, 0.6) is 0 Å². The molecule has 4 heteroatoms. The fraction of sp³-hybridized carbons (Fsp3) is 0.818. The van der Waals surface area contributed by atoms with Gasteiger partial charge < -0.3 is 9.47 Å². The molecule has 0 saturated carbocycles. The summed E-state index contributed by atoms with van der Waals surface area (Å²) in [7, 11) is 0. The van der Waals surface area contributed by atoms with Crippen molar-refractivity contribution in [1.29, 1.82) is 0 Å². The lowest BCUT2D eigenvalue weighted by molar-refractivity contribution is -0.148. The monoisotopic (exact) mass is 214 g/mol. The molecule has 1 rings (SSSR count). The molecular formula is C11H18O4. The van der Waals surface area contributed by atoms with Gasteiger partial charge in [0.2, 0.25) is 0 Å². The molecule has 0 spiro atoms. The Balaban J connectivity index is 2.44. The molecule has 0 radical (unpaired) electrons. The first kappa shape index (κ1) is 12.0. The van der Waals surface area contributed by atoms with E-state index in [0.29, 0.717) is 6.61 Å². The van der Waals surface area contributed by atoms with Gasteiger partial charge in [0.25, 0.3) is 0 Å². The van der Waals surface area contributed by atoms with Crippen LogP contribution in [0.4, 0.5) is 0 Å². The lowest BCUT2D eigenvalue weighted by Gasteiger charge is -2.13. The van der Waals surface area contributed by atoms with Crippen LogP contribution in [-0.4, -0.2) is 24.6 Å². The van der Waals surface area contributed by atoms with Crippen molar-refractivity contribution in [1.82, 2.24) is 0 Å². The third kappa shape index (κ3) is 3.22. The molecule has 0 aromatic rings. The highest BCUT2D eigenvalue weighted by atomic mass is 16.5. The van der Waals surface area contributed by atoms with E-state index in [-0.39, 0.29) is 36.3 Å². The van der Waals surface area contributed by atoms with Crippen molar-refractivity contribution in [3.63, 3.8) is 0 Å². The van der Waals surface area contributed by atoms with Crippen molar-refractivity contribution in [3.8, 4) is 0 Å². The zero-order valence-electron chi connectivity index (χ0n) is 9.49. The predicted octanol–water partition coefficient (Wildman–Crippen LogP) is 1.53. The van der Waals surface area contributed by atoms with Crippen LogP contribution in [0.2, 0.25) is 0 Å². The number of cyclic esters (lactones) is 1. The summed E-state index contributed by atoms with van der Waals surface area (Å²) in [5.41, 5.74) is 0. The Bertz CT molecular complexity index is 247. The zero-order valence-corrected chi connectivity index (χ0v) is 9.49. The summed E-state index contributed by atoms with van der Waals surface area (Å²) in [4.78, 5) is 22.6. The van der Waals surface area contributed by atoms with Crippen molar-refractivity contribution in [2.75, 3.05) is 6.61 Å². The van der Waals surface area contributed by atoms with Crippen LogP contribution < -0.4 is 0 Å². The summed E-state index contributed by atoms with van der Waals surface area (Å²) in [5.74, 6) is -0.565.